The summed E-state index contributed by atoms with van der Waals surface area (Å²) in [7, 11) is -1.51. The van der Waals surface area contributed by atoms with E-state index in [2.05, 4.69) is 5.32 Å². The molecule has 0 bridgehead atoms. The number of carbonyl (C=O) groups excluding carboxylic acids is 1. The quantitative estimate of drug-likeness (QED) is 0.850. The van der Waals surface area contributed by atoms with Crippen LogP contribution in [-0.2, 0) is 15.6 Å². The minimum Gasteiger partial charge on any atom is -0.398 e. The summed E-state index contributed by atoms with van der Waals surface area (Å²) in [6.45, 7) is 1.93. The van der Waals surface area contributed by atoms with E-state index in [1.807, 2.05) is 25.1 Å². The average Bonchev–Trinajstić information content (AvgIpc) is 2.38. The molecule has 0 spiro atoms. The molecule has 21 heavy (non-hydrogen) atoms. The van der Waals surface area contributed by atoms with Crippen LogP contribution >= 0.6 is 11.6 Å². The van der Waals surface area contributed by atoms with Crippen molar-refractivity contribution in [2.24, 2.45) is 0 Å². The molecule has 1 amide bonds. The maximum absolute atomic E-state index is 12.2. The fourth-order valence-electron chi connectivity index (χ4n) is 1.84. The van der Waals surface area contributed by atoms with E-state index < -0.39 is 10.8 Å². The smallest absolute Gasteiger partial charge is 0.237 e. The largest absolute Gasteiger partial charge is 0.398 e. The SMILES string of the molecule is Cc1cccc(NC(=O)CS(=O)c2ccc(Cl)cc2N)c1. The number of hydrogen-bond acceptors (Lipinski definition) is 3. The summed E-state index contributed by atoms with van der Waals surface area (Å²) in [5.74, 6) is -0.479. The van der Waals surface area contributed by atoms with Gasteiger partial charge in [0, 0.05) is 16.4 Å². The molecule has 0 fully saturated rings. The molecule has 0 radical (unpaired) electrons. The van der Waals surface area contributed by atoms with Crippen molar-refractivity contribution >= 4 is 39.7 Å². The number of benzene rings is 2. The van der Waals surface area contributed by atoms with Gasteiger partial charge in [0.05, 0.1) is 15.7 Å². The van der Waals surface area contributed by atoms with Gasteiger partial charge in [0.1, 0.15) is 5.75 Å². The molecule has 2 rings (SSSR count). The van der Waals surface area contributed by atoms with Crippen LogP contribution in [0.25, 0.3) is 0 Å². The zero-order valence-corrected chi connectivity index (χ0v) is 13.0. The zero-order valence-electron chi connectivity index (χ0n) is 11.4. The number of carbonyl (C=O) groups is 1. The maximum Gasteiger partial charge on any atom is 0.237 e. The lowest BCUT2D eigenvalue weighted by molar-refractivity contribution is -0.113. The molecule has 0 saturated heterocycles. The van der Waals surface area contributed by atoms with Crippen molar-refractivity contribution < 1.29 is 9.00 Å². The molecule has 0 aliphatic carbocycles. The van der Waals surface area contributed by atoms with Crippen LogP contribution in [0.3, 0.4) is 0 Å². The molecule has 1 atom stereocenters. The summed E-state index contributed by atoms with van der Waals surface area (Å²) in [5.41, 5.74) is 7.80. The van der Waals surface area contributed by atoms with E-state index >= 15 is 0 Å². The highest BCUT2D eigenvalue weighted by atomic mass is 35.5. The highest BCUT2D eigenvalue weighted by Gasteiger charge is 2.13. The van der Waals surface area contributed by atoms with Gasteiger partial charge in [-0.2, -0.15) is 0 Å². The Kier molecular flexibility index (Phi) is 4.98. The monoisotopic (exact) mass is 322 g/mol. The molecule has 0 aromatic heterocycles. The Morgan fingerprint density at radius 2 is 2.05 bits per heavy atom. The predicted molar refractivity (Wildman–Crippen MR) is 86.9 cm³/mol. The molecule has 0 heterocycles. The van der Waals surface area contributed by atoms with E-state index in [-0.39, 0.29) is 11.7 Å². The van der Waals surface area contributed by atoms with Crippen molar-refractivity contribution in [2.45, 2.75) is 11.8 Å². The Labute approximate surface area is 130 Å². The molecule has 0 aliphatic heterocycles. The van der Waals surface area contributed by atoms with Crippen LogP contribution in [0.5, 0.6) is 0 Å². The second-order valence-electron chi connectivity index (χ2n) is 4.59. The van der Waals surface area contributed by atoms with E-state index in [1.165, 1.54) is 6.07 Å². The van der Waals surface area contributed by atoms with Crippen molar-refractivity contribution in [1.29, 1.82) is 0 Å². The van der Waals surface area contributed by atoms with Crippen LogP contribution in [0.15, 0.2) is 47.4 Å². The first-order valence-electron chi connectivity index (χ1n) is 6.25. The number of anilines is 2. The number of amides is 1. The third-order valence-corrected chi connectivity index (χ3v) is 4.40. The Morgan fingerprint density at radius 3 is 2.71 bits per heavy atom. The second-order valence-corrected chi connectivity index (χ2v) is 6.45. The van der Waals surface area contributed by atoms with Crippen LogP contribution < -0.4 is 11.1 Å². The topological polar surface area (TPSA) is 72.2 Å². The number of hydrogen-bond donors (Lipinski definition) is 2. The summed E-state index contributed by atoms with van der Waals surface area (Å²) in [6.07, 6.45) is 0. The van der Waals surface area contributed by atoms with Gasteiger partial charge in [0.15, 0.2) is 0 Å². The van der Waals surface area contributed by atoms with Crippen LogP contribution in [0, 0.1) is 6.92 Å². The van der Waals surface area contributed by atoms with E-state index in [4.69, 9.17) is 17.3 Å². The number of aryl methyl sites for hydroxylation is 1. The van der Waals surface area contributed by atoms with E-state index in [9.17, 15) is 9.00 Å². The fraction of sp³-hybridized carbons (Fsp3) is 0.133. The minimum absolute atomic E-state index is 0.153. The first-order chi connectivity index (χ1) is 9.95. The molecule has 110 valence electrons. The normalized spacial score (nSPS) is 11.9. The average molecular weight is 323 g/mol. The van der Waals surface area contributed by atoms with Crippen molar-refractivity contribution in [3.63, 3.8) is 0 Å². The van der Waals surface area contributed by atoms with Crippen LogP contribution in [0.2, 0.25) is 5.02 Å². The third-order valence-electron chi connectivity index (χ3n) is 2.78. The van der Waals surface area contributed by atoms with Gasteiger partial charge in [-0.25, -0.2) is 0 Å². The second kappa shape index (κ2) is 6.74. The first-order valence-corrected chi connectivity index (χ1v) is 7.95. The number of rotatable bonds is 4. The van der Waals surface area contributed by atoms with Gasteiger partial charge in [-0.1, -0.05) is 23.7 Å². The molecule has 4 nitrogen and oxygen atoms in total. The Morgan fingerprint density at radius 1 is 1.29 bits per heavy atom. The summed E-state index contributed by atoms with van der Waals surface area (Å²) in [6, 6.07) is 12.1. The minimum atomic E-state index is -1.51. The Balaban J connectivity index is 2.04. The van der Waals surface area contributed by atoms with E-state index in [0.717, 1.165) is 5.56 Å². The molecule has 2 aromatic rings. The lowest BCUT2D eigenvalue weighted by atomic mass is 10.2. The van der Waals surface area contributed by atoms with Crippen LogP contribution in [0.4, 0.5) is 11.4 Å². The van der Waals surface area contributed by atoms with Crippen molar-refractivity contribution in [3.05, 3.63) is 53.1 Å². The molecular formula is C15H15ClN2O2S. The van der Waals surface area contributed by atoms with Gasteiger partial charge < -0.3 is 11.1 Å². The van der Waals surface area contributed by atoms with Gasteiger partial charge in [-0.3, -0.25) is 9.00 Å². The van der Waals surface area contributed by atoms with Gasteiger partial charge in [-0.05, 0) is 42.8 Å². The lowest BCUT2D eigenvalue weighted by Gasteiger charge is -2.08. The molecular weight excluding hydrogens is 308 g/mol. The summed E-state index contributed by atoms with van der Waals surface area (Å²) < 4.78 is 12.2. The molecule has 0 saturated carbocycles. The summed E-state index contributed by atoms with van der Waals surface area (Å²) in [5, 5.41) is 3.19. The number of nitrogen functional groups attached to an aromatic ring is 1. The van der Waals surface area contributed by atoms with Crippen LogP contribution in [-0.4, -0.2) is 15.9 Å². The Hall–Kier alpha value is -1.85. The predicted octanol–water partition coefficient (Wildman–Crippen LogP) is 2.98. The maximum atomic E-state index is 12.2. The number of nitrogens with one attached hydrogen (secondary N) is 1. The summed E-state index contributed by atoms with van der Waals surface area (Å²) >= 11 is 5.79. The van der Waals surface area contributed by atoms with Crippen molar-refractivity contribution in [2.75, 3.05) is 16.8 Å². The standard InChI is InChI=1S/C15H15ClN2O2S/c1-10-3-2-4-12(7-10)18-15(19)9-21(20)14-6-5-11(16)8-13(14)17/h2-8H,9,17H2,1H3,(H,18,19). The summed E-state index contributed by atoms with van der Waals surface area (Å²) in [4.78, 5) is 12.3. The van der Waals surface area contributed by atoms with Gasteiger partial charge in [-0.15, -0.1) is 0 Å². The fourth-order valence-corrected chi connectivity index (χ4v) is 3.03. The van der Waals surface area contributed by atoms with Crippen LogP contribution in [0.1, 0.15) is 5.56 Å². The highest BCUT2D eigenvalue weighted by molar-refractivity contribution is 7.86. The van der Waals surface area contributed by atoms with E-state index in [1.54, 1.807) is 18.2 Å². The zero-order chi connectivity index (χ0) is 15.4. The molecule has 6 heteroatoms. The molecule has 0 aliphatic rings. The molecule has 2 aromatic carbocycles. The van der Waals surface area contributed by atoms with Crippen molar-refractivity contribution in [3.8, 4) is 0 Å². The van der Waals surface area contributed by atoms with Crippen molar-refractivity contribution in [1.82, 2.24) is 0 Å². The molecule has 1 unspecified atom stereocenters. The number of nitrogens with two attached hydrogens (primary N) is 1. The third kappa shape index (κ3) is 4.31. The van der Waals surface area contributed by atoms with E-state index in [0.29, 0.717) is 21.3 Å². The van der Waals surface area contributed by atoms with Gasteiger partial charge in [0.25, 0.3) is 0 Å². The molecule has 3 N–H and O–H groups in total. The first kappa shape index (κ1) is 15.5. The number of halogens is 1. The van der Waals surface area contributed by atoms with Gasteiger partial charge >= 0.3 is 0 Å². The lowest BCUT2D eigenvalue weighted by Crippen LogP contribution is -2.20. The van der Waals surface area contributed by atoms with Gasteiger partial charge in [0.2, 0.25) is 5.91 Å². The highest BCUT2D eigenvalue weighted by Crippen LogP contribution is 2.21. The Bertz CT molecular complexity index is 704.